The number of amides is 1. The molecule has 10 heteroatoms. The minimum Gasteiger partial charge on any atom is -0.507 e. The van der Waals surface area contributed by atoms with Gasteiger partial charge in [0.1, 0.15) is 17.3 Å². The molecule has 39 heavy (non-hydrogen) atoms. The topological polar surface area (TPSA) is 145 Å². The highest BCUT2D eigenvalue weighted by molar-refractivity contribution is 7.99. The molecule has 9 nitrogen and oxygen atoms in total. The van der Waals surface area contributed by atoms with E-state index in [1.165, 1.54) is 43.5 Å². The number of hydrogen-bond acceptors (Lipinski definition) is 8. The number of thioether (sulfide) groups is 1. The van der Waals surface area contributed by atoms with Gasteiger partial charge in [-0.15, -0.1) is 0 Å². The van der Waals surface area contributed by atoms with Crippen molar-refractivity contribution in [3.05, 3.63) is 69.8 Å². The number of rotatable bonds is 11. The van der Waals surface area contributed by atoms with Gasteiger partial charge in [0, 0.05) is 17.4 Å². The largest absolute Gasteiger partial charge is 0.507 e. The first-order valence-corrected chi connectivity index (χ1v) is 14.4. The molecule has 2 aromatic carbocycles. The number of nitro groups is 1. The Morgan fingerprint density at radius 1 is 1.13 bits per heavy atom. The van der Waals surface area contributed by atoms with Gasteiger partial charge in [-0.05, 0) is 69.4 Å². The number of aromatic hydroxyl groups is 1. The molecule has 3 unspecified atom stereocenters. The van der Waals surface area contributed by atoms with E-state index in [9.17, 15) is 24.8 Å². The van der Waals surface area contributed by atoms with Crippen LogP contribution in [-0.4, -0.2) is 44.7 Å². The number of carbonyl (C=O) groups is 2. The Kier molecular flexibility index (Phi) is 10.8. The fourth-order valence-electron chi connectivity index (χ4n) is 4.77. The van der Waals surface area contributed by atoms with Gasteiger partial charge in [0.15, 0.2) is 0 Å². The van der Waals surface area contributed by atoms with Crippen LogP contribution in [0.3, 0.4) is 0 Å². The first-order chi connectivity index (χ1) is 18.4. The summed E-state index contributed by atoms with van der Waals surface area (Å²) < 4.78 is 5.77. The number of nitrogens with one attached hydrogen (secondary N) is 1. The molecule has 0 radical (unpaired) electrons. The van der Waals surface area contributed by atoms with Gasteiger partial charge in [0.05, 0.1) is 16.7 Å². The van der Waals surface area contributed by atoms with Gasteiger partial charge in [0.2, 0.25) is 0 Å². The van der Waals surface area contributed by atoms with Crippen molar-refractivity contribution < 1.29 is 24.4 Å². The maximum atomic E-state index is 13.6. The lowest BCUT2D eigenvalue weighted by atomic mass is 9.91. The van der Waals surface area contributed by atoms with Crippen molar-refractivity contribution in [2.24, 2.45) is 17.6 Å². The molecule has 212 valence electrons. The zero-order valence-electron chi connectivity index (χ0n) is 22.8. The Morgan fingerprint density at radius 3 is 2.36 bits per heavy atom. The Labute approximate surface area is 234 Å². The number of nitro benzene ring substituents is 1. The van der Waals surface area contributed by atoms with E-state index in [4.69, 9.17) is 10.5 Å². The van der Waals surface area contributed by atoms with Crippen LogP contribution in [0.1, 0.15) is 68.8 Å². The number of phenolic OH excluding ortho intramolecular Hbond substituents is 1. The van der Waals surface area contributed by atoms with E-state index in [2.05, 4.69) is 5.32 Å². The number of benzene rings is 2. The Hall–Kier alpha value is -3.11. The number of ether oxygens (including phenoxy) is 1. The van der Waals surface area contributed by atoms with Crippen LogP contribution in [0, 0.1) is 22.0 Å². The average Bonchev–Trinajstić information content (AvgIpc) is 2.87. The smallest absolute Gasteiger partial charge is 0.314 e. The van der Waals surface area contributed by atoms with Gasteiger partial charge in [0.25, 0.3) is 11.6 Å². The standard InChI is InChI=1S/C29H39N3O6S/c1-29(2,3)38-28(35)25(26(30)31-27(34)22-11-7-8-12-23(22)33)24(39-18-20-9-5-4-6-10-20)17-19-13-15-21(16-14-19)32(36)37/h7-8,11-16,20,24-26,33H,4-6,9-10,17-18,30H2,1-3H3,(H,31,34). The molecule has 1 aliphatic carbocycles. The maximum Gasteiger partial charge on any atom is 0.314 e. The van der Waals surface area contributed by atoms with E-state index >= 15 is 0 Å². The van der Waals surface area contributed by atoms with E-state index < -0.39 is 34.5 Å². The van der Waals surface area contributed by atoms with Crippen LogP contribution in [0.2, 0.25) is 0 Å². The third-order valence-electron chi connectivity index (χ3n) is 6.77. The summed E-state index contributed by atoms with van der Waals surface area (Å²) in [6, 6.07) is 12.4. The Balaban J connectivity index is 1.91. The molecule has 0 aromatic heterocycles. The lowest BCUT2D eigenvalue weighted by molar-refractivity contribution is -0.384. The Bertz CT molecular complexity index is 1130. The summed E-state index contributed by atoms with van der Waals surface area (Å²) in [5, 5.41) is 23.6. The molecule has 0 spiro atoms. The molecule has 0 saturated heterocycles. The molecule has 3 rings (SSSR count). The fourth-order valence-corrected chi connectivity index (χ4v) is 6.42. The van der Waals surface area contributed by atoms with Gasteiger partial charge in [-0.3, -0.25) is 19.7 Å². The third-order valence-corrected chi connectivity index (χ3v) is 8.32. The van der Waals surface area contributed by atoms with Gasteiger partial charge in [-0.1, -0.05) is 43.5 Å². The van der Waals surface area contributed by atoms with Crippen molar-refractivity contribution in [2.45, 2.75) is 76.3 Å². The predicted molar refractivity (Wildman–Crippen MR) is 153 cm³/mol. The van der Waals surface area contributed by atoms with E-state index in [1.807, 2.05) is 0 Å². The molecule has 1 aliphatic rings. The van der Waals surface area contributed by atoms with Crippen molar-refractivity contribution in [2.75, 3.05) is 5.75 Å². The van der Waals surface area contributed by atoms with Crippen molar-refractivity contribution in [1.82, 2.24) is 5.32 Å². The molecule has 4 N–H and O–H groups in total. The van der Waals surface area contributed by atoms with Crippen LogP contribution in [-0.2, 0) is 16.0 Å². The second-order valence-electron chi connectivity index (χ2n) is 11.1. The predicted octanol–water partition coefficient (Wildman–Crippen LogP) is 5.20. The summed E-state index contributed by atoms with van der Waals surface area (Å²) >= 11 is 1.63. The van der Waals surface area contributed by atoms with Crippen molar-refractivity contribution in [1.29, 1.82) is 0 Å². The summed E-state index contributed by atoms with van der Waals surface area (Å²) in [5.41, 5.74) is 6.62. The SMILES string of the molecule is CC(C)(C)OC(=O)C(C(N)NC(=O)c1ccccc1O)C(Cc1ccc([N+](=O)[O-])cc1)SCC1CCCCC1. The second-order valence-corrected chi connectivity index (χ2v) is 12.4. The lowest BCUT2D eigenvalue weighted by Gasteiger charge is -2.34. The monoisotopic (exact) mass is 557 g/mol. The van der Waals surface area contributed by atoms with Crippen LogP contribution in [0.25, 0.3) is 0 Å². The van der Waals surface area contributed by atoms with Crippen LogP contribution in [0.5, 0.6) is 5.75 Å². The number of nitrogens with zero attached hydrogens (tertiary/aromatic N) is 1. The number of carbonyl (C=O) groups excluding carboxylic acids is 2. The highest BCUT2D eigenvalue weighted by Gasteiger charge is 2.39. The molecule has 1 fully saturated rings. The third kappa shape index (κ3) is 9.25. The zero-order valence-corrected chi connectivity index (χ0v) is 23.6. The summed E-state index contributed by atoms with van der Waals surface area (Å²) in [4.78, 5) is 37.3. The van der Waals surface area contributed by atoms with Crippen LogP contribution in [0.4, 0.5) is 5.69 Å². The van der Waals surface area contributed by atoms with Crippen molar-refractivity contribution in [3.8, 4) is 5.75 Å². The van der Waals surface area contributed by atoms with Gasteiger partial charge < -0.3 is 20.9 Å². The first-order valence-electron chi connectivity index (χ1n) is 13.4. The number of hydrogen-bond donors (Lipinski definition) is 3. The molecule has 0 bridgehead atoms. The number of non-ortho nitro benzene ring substituents is 1. The molecule has 0 heterocycles. The molecule has 1 amide bonds. The van der Waals surface area contributed by atoms with Crippen molar-refractivity contribution >= 4 is 29.3 Å². The fraction of sp³-hybridized carbons (Fsp3) is 0.517. The number of nitrogens with two attached hydrogens (primary N) is 1. The van der Waals surface area contributed by atoms with Gasteiger partial charge >= 0.3 is 5.97 Å². The molecular formula is C29H39N3O6S. The molecule has 1 saturated carbocycles. The summed E-state index contributed by atoms with van der Waals surface area (Å²) in [5.74, 6) is -0.879. The normalized spacial score (nSPS) is 16.6. The minimum atomic E-state index is -1.10. The zero-order chi connectivity index (χ0) is 28.6. The molecule has 3 atom stereocenters. The maximum absolute atomic E-state index is 13.6. The van der Waals surface area contributed by atoms with Crippen LogP contribution < -0.4 is 11.1 Å². The molecule has 2 aromatic rings. The number of esters is 1. The highest BCUT2D eigenvalue weighted by Crippen LogP contribution is 2.34. The Morgan fingerprint density at radius 2 is 1.77 bits per heavy atom. The van der Waals surface area contributed by atoms with E-state index in [1.54, 1.807) is 56.8 Å². The van der Waals surface area contributed by atoms with Crippen LogP contribution >= 0.6 is 11.8 Å². The first kappa shape index (κ1) is 30.4. The molecular weight excluding hydrogens is 518 g/mol. The quantitative estimate of drug-likeness (QED) is 0.148. The summed E-state index contributed by atoms with van der Waals surface area (Å²) in [7, 11) is 0. The summed E-state index contributed by atoms with van der Waals surface area (Å²) in [6.45, 7) is 5.32. The molecule has 0 aliphatic heterocycles. The highest BCUT2D eigenvalue weighted by atomic mass is 32.2. The number of phenols is 1. The van der Waals surface area contributed by atoms with Crippen molar-refractivity contribution in [3.63, 3.8) is 0 Å². The van der Waals surface area contributed by atoms with E-state index in [0.29, 0.717) is 12.3 Å². The number of para-hydroxylation sites is 1. The van der Waals surface area contributed by atoms with Gasteiger partial charge in [-0.2, -0.15) is 11.8 Å². The van der Waals surface area contributed by atoms with E-state index in [0.717, 1.165) is 24.2 Å². The second kappa shape index (κ2) is 13.8. The lowest BCUT2D eigenvalue weighted by Crippen LogP contribution is -2.54. The summed E-state index contributed by atoms with van der Waals surface area (Å²) in [6.07, 6.45) is 5.16. The van der Waals surface area contributed by atoms with Gasteiger partial charge in [-0.25, -0.2) is 0 Å². The average molecular weight is 558 g/mol. The van der Waals surface area contributed by atoms with E-state index in [-0.39, 0.29) is 22.3 Å². The minimum absolute atomic E-state index is 0.0134. The van der Waals surface area contributed by atoms with Crippen LogP contribution in [0.15, 0.2) is 48.5 Å².